The minimum absolute atomic E-state index is 0.196. The molecule has 0 saturated heterocycles. The summed E-state index contributed by atoms with van der Waals surface area (Å²) >= 11 is 0. The lowest BCUT2D eigenvalue weighted by Crippen LogP contribution is -1.99. The van der Waals surface area contributed by atoms with Crippen molar-refractivity contribution in [2.75, 3.05) is 20.8 Å². The molecule has 3 heteroatoms. The van der Waals surface area contributed by atoms with Crippen molar-refractivity contribution < 1.29 is 13.9 Å². The molecule has 32 heavy (non-hydrogen) atoms. The zero-order valence-electron chi connectivity index (χ0n) is 20.7. The highest BCUT2D eigenvalue weighted by Crippen LogP contribution is 2.27. The Kier molecular flexibility index (Phi) is 13.9. The Hall–Kier alpha value is -2.65. The van der Waals surface area contributed by atoms with E-state index in [4.69, 9.17) is 9.47 Å². The van der Waals surface area contributed by atoms with Gasteiger partial charge in [0.2, 0.25) is 0 Å². The topological polar surface area (TPSA) is 18.5 Å². The van der Waals surface area contributed by atoms with Crippen LogP contribution in [0.3, 0.4) is 0 Å². The van der Waals surface area contributed by atoms with E-state index in [1.54, 1.807) is 19.3 Å². The second-order valence-electron chi connectivity index (χ2n) is 8.36. The van der Waals surface area contributed by atoms with Gasteiger partial charge in [0.15, 0.2) is 0 Å². The predicted octanol–water partition coefficient (Wildman–Crippen LogP) is 8.37. The Bertz CT molecular complexity index is 818. The molecule has 0 N–H and O–H groups in total. The van der Waals surface area contributed by atoms with E-state index < -0.39 is 5.83 Å². The molecule has 1 unspecified atom stereocenters. The van der Waals surface area contributed by atoms with Gasteiger partial charge >= 0.3 is 0 Å². The Morgan fingerprint density at radius 1 is 0.844 bits per heavy atom. The molecule has 0 radical (unpaired) electrons. The van der Waals surface area contributed by atoms with Crippen LogP contribution in [0.2, 0.25) is 0 Å². The van der Waals surface area contributed by atoms with Gasteiger partial charge in [0.05, 0.1) is 13.7 Å². The fourth-order valence-electron chi connectivity index (χ4n) is 2.70. The number of hydrogen-bond donors (Lipinski definition) is 0. The van der Waals surface area contributed by atoms with Crippen molar-refractivity contribution in [3.8, 4) is 0 Å². The highest BCUT2D eigenvalue weighted by atomic mass is 19.1. The van der Waals surface area contributed by atoms with Gasteiger partial charge in [-0.25, -0.2) is 4.39 Å². The molecule has 0 aliphatic carbocycles. The molecule has 0 aliphatic rings. The van der Waals surface area contributed by atoms with Crippen LogP contribution < -0.4 is 0 Å². The fraction of sp³-hybridized carbons (Fsp3) is 0.379. The maximum Gasteiger partial charge on any atom is 0.131 e. The molecule has 0 fully saturated rings. The highest BCUT2D eigenvalue weighted by Gasteiger charge is 2.11. The summed E-state index contributed by atoms with van der Waals surface area (Å²) in [5, 5.41) is 0. The molecule has 0 aromatic carbocycles. The Balaban J connectivity index is 5.26. The first kappa shape index (κ1) is 29.4. The van der Waals surface area contributed by atoms with Gasteiger partial charge in [-0.3, -0.25) is 0 Å². The van der Waals surface area contributed by atoms with E-state index in [1.807, 2.05) is 6.08 Å². The summed E-state index contributed by atoms with van der Waals surface area (Å²) < 4.78 is 25.1. The van der Waals surface area contributed by atoms with E-state index in [0.29, 0.717) is 47.3 Å². The molecule has 2 nitrogen and oxygen atoms in total. The zero-order valence-corrected chi connectivity index (χ0v) is 20.7. The normalized spacial score (nSPS) is 13.2. The molecule has 1 atom stereocenters. The molecule has 0 aliphatic heterocycles. The minimum Gasteiger partial charge on any atom is -0.497 e. The largest absolute Gasteiger partial charge is 0.497 e. The van der Waals surface area contributed by atoms with E-state index in [9.17, 15) is 4.39 Å². The molecule has 0 aromatic rings. The van der Waals surface area contributed by atoms with Gasteiger partial charge in [-0.1, -0.05) is 84.4 Å². The summed E-state index contributed by atoms with van der Waals surface area (Å²) in [4.78, 5) is 0. The van der Waals surface area contributed by atoms with Crippen molar-refractivity contribution in [2.45, 2.75) is 40.0 Å². The van der Waals surface area contributed by atoms with E-state index in [0.717, 1.165) is 24.0 Å². The van der Waals surface area contributed by atoms with Crippen LogP contribution in [0, 0.1) is 11.8 Å². The SMILES string of the molecule is C=C(/C=C(/CCOC)C(=C)C(=C)/C=C(/F)C(=C)C(=C)/C=C\C(=C)C(C)CCC(C)C)OC. The molecule has 0 aromatic heterocycles. The highest BCUT2D eigenvalue weighted by molar-refractivity contribution is 5.55. The smallest absolute Gasteiger partial charge is 0.131 e. The van der Waals surface area contributed by atoms with Crippen LogP contribution in [0.5, 0.6) is 0 Å². The Labute approximate surface area is 195 Å². The van der Waals surface area contributed by atoms with Crippen LogP contribution >= 0.6 is 0 Å². The first-order valence-electron chi connectivity index (χ1n) is 10.9. The van der Waals surface area contributed by atoms with Gasteiger partial charge in [-0.2, -0.15) is 0 Å². The van der Waals surface area contributed by atoms with Gasteiger partial charge < -0.3 is 9.47 Å². The summed E-state index contributed by atoms with van der Waals surface area (Å²) in [5.41, 5.74) is 3.49. The van der Waals surface area contributed by atoms with E-state index in [1.165, 1.54) is 13.2 Å². The second-order valence-corrected chi connectivity index (χ2v) is 8.36. The van der Waals surface area contributed by atoms with Crippen molar-refractivity contribution in [3.63, 3.8) is 0 Å². The molecular formula is C29H41FO2. The number of allylic oxidation sites excluding steroid dienone is 10. The van der Waals surface area contributed by atoms with Crippen LogP contribution in [0.4, 0.5) is 4.39 Å². The fourth-order valence-corrected chi connectivity index (χ4v) is 2.70. The minimum atomic E-state index is -0.513. The summed E-state index contributed by atoms with van der Waals surface area (Å²) in [6, 6.07) is 0. The molecule has 176 valence electrons. The lowest BCUT2D eigenvalue weighted by Gasteiger charge is -2.14. The predicted molar refractivity (Wildman–Crippen MR) is 138 cm³/mol. The van der Waals surface area contributed by atoms with Crippen LogP contribution in [0.15, 0.2) is 109 Å². The number of rotatable bonds is 16. The number of ether oxygens (including phenoxy) is 2. The number of methoxy groups -OCH3 is 2. The average molecular weight is 441 g/mol. The first-order valence-corrected chi connectivity index (χ1v) is 10.9. The number of hydrogen-bond acceptors (Lipinski definition) is 2. The van der Waals surface area contributed by atoms with Crippen LogP contribution in [-0.4, -0.2) is 20.8 Å². The molecule has 0 spiro atoms. The maximum atomic E-state index is 14.9. The van der Waals surface area contributed by atoms with Gasteiger partial charge in [0.1, 0.15) is 11.6 Å². The van der Waals surface area contributed by atoms with Crippen molar-refractivity contribution in [2.24, 2.45) is 11.8 Å². The monoisotopic (exact) mass is 440 g/mol. The van der Waals surface area contributed by atoms with Crippen LogP contribution in [0.25, 0.3) is 0 Å². The zero-order chi connectivity index (χ0) is 24.8. The van der Waals surface area contributed by atoms with Gasteiger partial charge in [0.25, 0.3) is 0 Å². The molecule has 0 saturated carbocycles. The van der Waals surface area contributed by atoms with E-state index >= 15 is 0 Å². The summed E-state index contributed by atoms with van der Waals surface area (Å²) in [6.07, 6.45) is 9.50. The van der Waals surface area contributed by atoms with E-state index in [-0.39, 0.29) is 5.57 Å². The quantitative estimate of drug-likeness (QED) is 0.177. The lowest BCUT2D eigenvalue weighted by molar-refractivity contribution is 0.202. The van der Waals surface area contributed by atoms with Crippen LogP contribution in [0.1, 0.15) is 40.0 Å². The Morgan fingerprint density at radius 2 is 1.47 bits per heavy atom. The number of halogens is 1. The van der Waals surface area contributed by atoms with Gasteiger partial charge in [0, 0.05) is 12.7 Å². The molecule has 0 amide bonds. The first-order chi connectivity index (χ1) is 14.9. The van der Waals surface area contributed by atoms with Crippen molar-refractivity contribution in [3.05, 3.63) is 109 Å². The maximum absolute atomic E-state index is 14.9. The van der Waals surface area contributed by atoms with Crippen molar-refractivity contribution >= 4 is 0 Å². The molecule has 0 bridgehead atoms. The summed E-state index contributed by atoms with van der Waals surface area (Å²) in [6.45, 7) is 30.8. The second kappa shape index (κ2) is 15.2. The average Bonchev–Trinajstić information content (AvgIpc) is 2.76. The lowest BCUT2D eigenvalue weighted by atomic mass is 9.92. The van der Waals surface area contributed by atoms with Gasteiger partial charge in [-0.05, 0) is 59.1 Å². The van der Waals surface area contributed by atoms with Crippen molar-refractivity contribution in [1.29, 1.82) is 0 Å². The summed E-state index contributed by atoms with van der Waals surface area (Å²) in [7, 11) is 3.15. The molecule has 0 heterocycles. The Morgan fingerprint density at radius 3 is 2.00 bits per heavy atom. The standard InChI is InChI=1S/C29H41FO2/c1-20(2)12-13-21(3)22(4)14-15-23(5)27(9)29(30)18-24(6)26(8)28(16-17-31-10)19-25(7)32-11/h14-15,18-21H,4-9,12-13,16-17H2,1-3,10-11H3/b15-14-,28-19-,29-18+. The molecule has 0 rings (SSSR count). The van der Waals surface area contributed by atoms with E-state index in [2.05, 4.69) is 60.2 Å². The third kappa shape index (κ3) is 11.1. The summed E-state index contributed by atoms with van der Waals surface area (Å²) in [5.74, 6) is 0.974. The third-order valence-electron chi connectivity index (χ3n) is 5.23. The van der Waals surface area contributed by atoms with Crippen molar-refractivity contribution in [1.82, 2.24) is 0 Å². The third-order valence-corrected chi connectivity index (χ3v) is 5.23. The van der Waals surface area contributed by atoms with Crippen LogP contribution in [-0.2, 0) is 9.47 Å². The molecular weight excluding hydrogens is 399 g/mol. The van der Waals surface area contributed by atoms with Gasteiger partial charge in [-0.15, -0.1) is 0 Å².